The molecule has 1 aliphatic heterocycles. The number of ether oxygens (including phenoxy) is 2. The summed E-state index contributed by atoms with van der Waals surface area (Å²) in [7, 11) is 0. The summed E-state index contributed by atoms with van der Waals surface area (Å²) in [5, 5.41) is 8.38. The molecule has 234 valence electrons. The number of anilines is 2. The van der Waals surface area contributed by atoms with Crippen molar-refractivity contribution in [1.29, 1.82) is 0 Å². The first-order valence-corrected chi connectivity index (χ1v) is 15.6. The smallest absolute Gasteiger partial charge is 0.410 e. The van der Waals surface area contributed by atoms with Crippen LogP contribution in [-0.2, 0) is 9.53 Å². The van der Waals surface area contributed by atoms with Gasteiger partial charge in [-0.25, -0.2) is 19.7 Å². The molecule has 2 N–H and O–H groups in total. The van der Waals surface area contributed by atoms with Gasteiger partial charge in [-0.05, 0) is 89.6 Å². The van der Waals surface area contributed by atoms with Crippen molar-refractivity contribution in [2.24, 2.45) is 5.92 Å². The number of carbonyl (C=O) groups is 2. The molecule has 10 nitrogen and oxygen atoms in total. The van der Waals surface area contributed by atoms with Crippen LogP contribution in [0.2, 0.25) is 0 Å². The first kappa shape index (κ1) is 30.3. The predicted molar refractivity (Wildman–Crippen MR) is 175 cm³/mol. The van der Waals surface area contributed by atoms with Crippen LogP contribution in [-0.4, -0.2) is 56.6 Å². The third kappa shape index (κ3) is 7.00. The van der Waals surface area contributed by atoms with E-state index in [-0.39, 0.29) is 24.0 Å². The topological polar surface area (TPSA) is 119 Å². The maximum Gasteiger partial charge on any atom is 0.410 e. The minimum Gasteiger partial charge on any atom is -0.444 e. The zero-order chi connectivity index (χ0) is 31.7. The number of nitrogens with zero attached hydrogens (tertiary/aromatic N) is 4. The molecule has 0 radical (unpaired) electrons. The zero-order valence-electron chi connectivity index (χ0n) is 26.5. The lowest BCUT2D eigenvalue weighted by atomic mass is 10.0. The van der Waals surface area contributed by atoms with E-state index in [2.05, 4.69) is 20.6 Å². The molecule has 2 aromatic heterocycles. The number of pyridine rings is 1. The van der Waals surface area contributed by atoms with Crippen LogP contribution in [0.3, 0.4) is 0 Å². The number of carbonyl (C=O) groups excluding carboxylic acids is 2. The van der Waals surface area contributed by atoms with Gasteiger partial charge in [-0.3, -0.25) is 4.79 Å². The van der Waals surface area contributed by atoms with Crippen molar-refractivity contribution in [1.82, 2.24) is 19.9 Å². The highest BCUT2D eigenvalue weighted by Gasteiger charge is 2.31. The van der Waals surface area contributed by atoms with E-state index in [0.717, 1.165) is 53.3 Å². The van der Waals surface area contributed by atoms with Crippen LogP contribution in [0.25, 0.3) is 22.0 Å². The van der Waals surface area contributed by atoms with Crippen LogP contribution in [0.15, 0.2) is 54.9 Å². The van der Waals surface area contributed by atoms with Crippen molar-refractivity contribution in [2.75, 3.05) is 23.7 Å². The third-order valence-corrected chi connectivity index (χ3v) is 8.06. The molecule has 2 aromatic carbocycles. The van der Waals surface area contributed by atoms with Gasteiger partial charge in [0.25, 0.3) is 0 Å². The molecule has 0 spiro atoms. The number of hydrogen-bond donors (Lipinski definition) is 2. The Morgan fingerprint density at radius 2 is 1.71 bits per heavy atom. The summed E-state index contributed by atoms with van der Waals surface area (Å²) >= 11 is 0. The second-order valence-electron chi connectivity index (χ2n) is 13.0. The second-order valence-corrected chi connectivity index (χ2v) is 13.0. The number of fused-ring (bicyclic) bond motifs is 1. The van der Waals surface area contributed by atoms with Crippen LogP contribution >= 0.6 is 0 Å². The van der Waals surface area contributed by atoms with Crippen molar-refractivity contribution in [3.8, 4) is 22.9 Å². The van der Waals surface area contributed by atoms with Crippen molar-refractivity contribution < 1.29 is 19.1 Å². The maximum absolute atomic E-state index is 12.7. The summed E-state index contributed by atoms with van der Waals surface area (Å²) in [5.74, 6) is 1.72. The molecule has 1 aliphatic carbocycles. The number of rotatable bonds is 7. The van der Waals surface area contributed by atoms with E-state index < -0.39 is 5.60 Å². The Hall–Kier alpha value is -4.73. The fourth-order valence-electron chi connectivity index (χ4n) is 5.58. The highest BCUT2D eigenvalue weighted by molar-refractivity contribution is 6.06. The monoisotopic (exact) mass is 608 g/mol. The Balaban J connectivity index is 1.25. The minimum absolute atomic E-state index is 0.0115. The average molecular weight is 609 g/mol. The molecule has 1 saturated carbocycles. The van der Waals surface area contributed by atoms with E-state index in [0.29, 0.717) is 41.9 Å². The fraction of sp³-hybridized carbons (Fsp3) is 0.400. The molecule has 1 saturated heterocycles. The molecule has 3 heterocycles. The van der Waals surface area contributed by atoms with Crippen LogP contribution in [0.5, 0.6) is 11.6 Å². The normalized spacial score (nSPS) is 16.7. The Bertz CT molecular complexity index is 1750. The number of piperidine rings is 1. The zero-order valence-corrected chi connectivity index (χ0v) is 26.5. The molecule has 45 heavy (non-hydrogen) atoms. The first-order chi connectivity index (χ1) is 21.6. The van der Waals surface area contributed by atoms with Gasteiger partial charge in [-0.15, -0.1) is 0 Å². The molecular weight excluding hydrogens is 568 g/mol. The maximum atomic E-state index is 12.7. The van der Waals surface area contributed by atoms with Crippen LogP contribution in [0, 0.1) is 19.8 Å². The molecule has 2 amide bonds. The summed E-state index contributed by atoms with van der Waals surface area (Å²) in [6.07, 6.45) is 6.71. The second kappa shape index (κ2) is 12.3. The van der Waals surface area contributed by atoms with Gasteiger partial charge in [0.1, 0.15) is 11.4 Å². The minimum atomic E-state index is -0.545. The highest BCUT2D eigenvalue weighted by Crippen LogP contribution is 2.40. The number of amides is 2. The Morgan fingerprint density at radius 1 is 0.933 bits per heavy atom. The van der Waals surface area contributed by atoms with Gasteiger partial charge in [0.15, 0.2) is 0 Å². The molecule has 10 heteroatoms. The molecule has 6 rings (SSSR count). The summed E-state index contributed by atoms with van der Waals surface area (Å²) in [5.41, 5.74) is 3.58. The van der Waals surface area contributed by atoms with E-state index in [1.54, 1.807) is 17.3 Å². The van der Waals surface area contributed by atoms with E-state index >= 15 is 0 Å². The third-order valence-electron chi connectivity index (χ3n) is 8.06. The molecule has 2 fully saturated rings. The highest BCUT2D eigenvalue weighted by atomic mass is 16.6. The predicted octanol–water partition coefficient (Wildman–Crippen LogP) is 7.26. The number of aryl methyl sites for hydroxylation is 2. The number of aromatic nitrogens is 3. The molecular formula is C35H40N6O4. The lowest BCUT2D eigenvalue weighted by molar-refractivity contribution is -0.117. The average Bonchev–Trinajstić information content (AvgIpc) is 3.86. The number of hydrogen-bond acceptors (Lipinski definition) is 8. The quantitative estimate of drug-likeness (QED) is 0.225. The fourth-order valence-corrected chi connectivity index (χ4v) is 5.58. The van der Waals surface area contributed by atoms with Crippen LogP contribution < -0.4 is 15.4 Å². The number of likely N-dealkylation sites (tertiary alicyclic amines) is 1. The van der Waals surface area contributed by atoms with E-state index in [1.165, 1.54) is 0 Å². The van der Waals surface area contributed by atoms with E-state index in [4.69, 9.17) is 14.5 Å². The van der Waals surface area contributed by atoms with Gasteiger partial charge in [-0.1, -0.05) is 24.3 Å². The summed E-state index contributed by atoms with van der Waals surface area (Å²) in [6.45, 7) is 10.8. The molecule has 1 atom stereocenters. The number of benzene rings is 2. The SMILES string of the molecule is Cc1ccc2c(Oc3ncccc3-c3ccnc(N[C@H]4CCCN(C(=O)OC(C)(C)C)C4)n3)c(C)ccc2c1NC(=O)C1CC1. The van der Waals surface area contributed by atoms with Gasteiger partial charge >= 0.3 is 6.09 Å². The Kier molecular flexibility index (Phi) is 8.31. The van der Waals surface area contributed by atoms with Crippen molar-refractivity contribution in [2.45, 2.75) is 71.9 Å². The lowest BCUT2D eigenvalue weighted by Gasteiger charge is -2.34. The molecule has 0 unspecified atom stereocenters. The summed E-state index contributed by atoms with van der Waals surface area (Å²) < 4.78 is 12.2. The van der Waals surface area contributed by atoms with Gasteiger partial charge in [0.05, 0.1) is 16.9 Å². The van der Waals surface area contributed by atoms with Gasteiger partial charge < -0.3 is 25.0 Å². The largest absolute Gasteiger partial charge is 0.444 e. The number of nitrogens with one attached hydrogen (secondary N) is 2. The molecule has 4 aromatic rings. The van der Waals surface area contributed by atoms with E-state index in [1.807, 2.05) is 77.1 Å². The molecule has 0 bridgehead atoms. The van der Waals surface area contributed by atoms with Crippen molar-refractivity contribution in [3.63, 3.8) is 0 Å². The Morgan fingerprint density at radius 3 is 2.49 bits per heavy atom. The van der Waals surface area contributed by atoms with E-state index in [9.17, 15) is 9.59 Å². The lowest BCUT2D eigenvalue weighted by Crippen LogP contribution is -2.47. The van der Waals surface area contributed by atoms with Crippen molar-refractivity contribution in [3.05, 3.63) is 66.0 Å². The van der Waals surface area contributed by atoms with Gasteiger partial charge in [0.2, 0.25) is 17.7 Å². The van der Waals surface area contributed by atoms with Gasteiger partial charge in [0, 0.05) is 48.2 Å². The molecule has 2 aliphatic rings. The van der Waals surface area contributed by atoms with Gasteiger partial charge in [-0.2, -0.15) is 0 Å². The first-order valence-electron chi connectivity index (χ1n) is 15.6. The summed E-state index contributed by atoms with van der Waals surface area (Å²) in [6, 6.07) is 13.7. The summed E-state index contributed by atoms with van der Waals surface area (Å²) in [4.78, 5) is 40.9. The Labute approximate surface area is 263 Å². The standard InChI is InChI=1S/C35H40N6O4/c1-21-10-15-26-25(29(21)40-31(42)23-12-13-23)14-11-22(2)30(26)44-32-27(9-6-17-36-32)28-16-18-37-33(39-28)38-24-8-7-19-41(20-24)34(43)45-35(3,4)5/h6,9-11,14-18,23-24H,7-8,12-13,19-20H2,1-5H3,(H,40,42)(H,37,38,39)/t24-/m0/s1. The van der Waals surface area contributed by atoms with Crippen LogP contribution in [0.1, 0.15) is 57.6 Å². The van der Waals surface area contributed by atoms with Crippen LogP contribution in [0.4, 0.5) is 16.4 Å². The van der Waals surface area contributed by atoms with Crippen molar-refractivity contribution >= 4 is 34.4 Å².